The minimum absolute atomic E-state index is 0.722. The van der Waals surface area contributed by atoms with Gasteiger partial charge in [0.1, 0.15) is 0 Å². The molecule has 0 spiro atoms. The second-order valence-corrected chi connectivity index (χ2v) is 6.54. The monoisotopic (exact) mass is 276 g/mol. The van der Waals surface area contributed by atoms with Crippen molar-refractivity contribution in [2.75, 3.05) is 19.6 Å². The van der Waals surface area contributed by atoms with E-state index >= 15 is 0 Å². The van der Waals surface area contributed by atoms with Gasteiger partial charge in [-0.15, -0.1) is 0 Å². The van der Waals surface area contributed by atoms with Gasteiger partial charge in [0.25, 0.3) is 0 Å². The minimum atomic E-state index is 0.722. The number of hydrogen-bond acceptors (Lipinski definition) is 3. The van der Waals surface area contributed by atoms with E-state index < -0.39 is 0 Å². The Balaban J connectivity index is 1.70. The Labute approximate surface area is 122 Å². The fourth-order valence-electron chi connectivity index (χ4n) is 3.97. The molecular weight excluding hydrogens is 248 g/mol. The first-order valence-electron chi connectivity index (χ1n) is 8.18. The molecule has 1 saturated carbocycles. The second kappa shape index (κ2) is 6.27. The van der Waals surface area contributed by atoms with Crippen molar-refractivity contribution in [3.05, 3.63) is 17.5 Å². The van der Waals surface area contributed by atoms with Gasteiger partial charge in [0.15, 0.2) is 0 Å². The topological polar surface area (TPSA) is 33.1 Å². The van der Waals surface area contributed by atoms with Crippen LogP contribution in [0.3, 0.4) is 0 Å². The Morgan fingerprint density at radius 2 is 2.10 bits per heavy atom. The van der Waals surface area contributed by atoms with E-state index in [4.69, 9.17) is 0 Å². The van der Waals surface area contributed by atoms with Gasteiger partial charge in [-0.1, -0.05) is 19.3 Å². The Bertz CT molecular complexity index is 434. The molecule has 20 heavy (non-hydrogen) atoms. The quantitative estimate of drug-likeness (QED) is 0.917. The van der Waals surface area contributed by atoms with E-state index in [2.05, 4.69) is 40.0 Å². The number of piperazine rings is 1. The van der Waals surface area contributed by atoms with Gasteiger partial charge in [-0.05, 0) is 31.7 Å². The highest BCUT2D eigenvalue weighted by atomic mass is 15.3. The van der Waals surface area contributed by atoms with Crippen LogP contribution in [0.2, 0.25) is 0 Å². The summed E-state index contributed by atoms with van der Waals surface area (Å²) in [4.78, 5) is 2.70. The molecule has 2 fully saturated rings. The number of aromatic nitrogens is 2. The summed E-state index contributed by atoms with van der Waals surface area (Å²) >= 11 is 0. The van der Waals surface area contributed by atoms with E-state index in [-0.39, 0.29) is 0 Å². The normalized spacial score (nSPS) is 26.0. The molecule has 1 saturated heterocycles. The van der Waals surface area contributed by atoms with Crippen LogP contribution in [0.25, 0.3) is 0 Å². The lowest BCUT2D eigenvalue weighted by Gasteiger charge is -2.42. The molecule has 1 atom stereocenters. The first-order valence-corrected chi connectivity index (χ1v) is 8.18. The van der Waals surface area contributed by atoms with Crippen molar-refractivity contribution in [1.82, 2.24) is 20.0 Å². The van der Waals surface area contributed by atoms with Crippen molar-refractivity contribution in [2.24, 2.45) is 13.0 Å². The summed E-state index contributed by atoms with van der Waals surface area (Å²) < 4.78 is 2.05. The van der Waals surface area contributed by atoms with E-state index in [0.29, 0.717) is 0 Å². The van der Waals surface area contributed by atoms with Gasteiger partial charge in [-0.2, -0.15) is 5.10 Å². The van der Waals surface area contributed by atoms with Crippen LogP contribution in [0.4, 0.5) is 0 Å². The van der Waals surface area contributed by atoms with Crippen molar-refractivity contribution in [3.8, 4) is 0 Å². The Kier molecular flexibility index (Phi) is 4.41. The SMILES string of the molecule is Cc1cc(CN2CCNCC2C2CCCCC2)n(C)n1. The van der Waals surface area contributed by atoms with Crippen LogP contribution in [0.15, 0.2) is 6.07 Å². The average Bonchev–Trinajstić information content (AvgIpc) is 2.78. The number of hydrogen-bond donors (Lipinski definition) is 1. The molecule has 1 aromatic rings. The molecule has 4 heteroatoms. The van der Waals surface area contributed by atoms with E-state index in [1.807, 2.05) is 0 Å². The van der Waals surface area contributed by atoms with E-state index in [1.54, 1.807) is 0 Å². The summed E-state index contributed by atoms with van der Waals surface area (Å²) in [5, 5.41) is 8.09. The highest BCUT2D eigenvalue weighted by Crippen LogP contribution is 2.30. The molecule has 0 radical (unpaired) electrons. The molecule has 1 unspecified atom stereocenters. The molecular formula is C16H28N4. The number of nitrogens with one attached hydrogen (secondary N) is 1. The highest BCUT2D eigenvalue weighted by molar-refractivity contribution is 5.09. The fourth-order valence-corrected chi connectivity index (χ4v) is 3.97. The molecule has 0 amide bonds. The lowest BCUT2D eigenvalue weighted by atomic mass is 9.82. The van der Waals surface area contributed by atoms with Crippen LogP contribution in [0.5, 0.6) is 0 Å². The zero-order valence-electron chi connectivity index (χ0n) is 12.9. The van der Waals surface area contributed by atoms with Gasteiger partial charge in [0.2, 0.25) is 0 Å². The van der Waals surface area contributed by atoms with E-state index in [9.17, 15) is 0 Å². The summed E-state index contributed by atoms with van der Waals surface area (Å²) in [6, 6.07) is 2.96. The summed E-state index contributed by atoms with van der Waals surface area (Å²) in [6.45, 7) is 6.60. The molecule has 2 heterocycles. The molecule has 1 aromatic heterocycles. The summed E-state index contributed by atoms with van der Waals surface area (Å²) in [6.07, 6.45) is 7.15. The molecule has 2 aliphatic rings. The van der Waals surface area contributed by atoms with Crippen molar-refractivity contribution < 1.29 is 0 Å². The molecule has 3 rings (SSSR count). The fraction of sp³-hybridized carbons (Fsp3) is 0.812. The average molecular weight is 276 g/mol. The van der Waals surface area contributed by atoms with Crippen LogP contribution in [0.1, 0.15) is 43.5 Å². The Hall–Kier alpha value is -0.870. The molecule has 0 aromatic carbocycles. The lowest BCUT2D eigenvalue weighted by molar-refractivity contribution is 0.0838. The zero-order valence-corrected chi connectivity index (χ0v) is 12.9. The van der Waals surface area contributed by atoms with Gasteiger partial charge in [0.05, 0.1) is 11.4 Å². The van der Waals surface area contributed by atoms with Crippen LogP contribution in [0, 0.1) is 12.8 Å². The van der Waals surface area contributed by atoms with Gasteiger partial charge in [-0.3, -0.25) is 9.58 Å². The van der Waals surface area contributed by atoms with Gasteiger partial charge in [0, 0.05) is 39.3 Å². The van der Waals surface area contributed by atoms with E-state index in [1.165, 1.54) is 50.9 Å². The standard InChI is InChI=1S/C16H28N4/c1-13-10-15(19(2)18-13)12-20-9-8-17-11-16(20)14-6-4-3-5-7-14/h10,14,16-17H,3-9,11-12H2,1-2H3. The molecule has 1 N–H and O–H groups in total. The van der Waals surface area contributed by atoms with E-state index in [0.717, 1.165) is 30.7 Å². The van der Waals surface area contributed by atoms with Crippen molar-refractivity contribution >= 4 is 0 Å². The highest BCUT2D eigenvalue weighted by Gasteiger charge is 2.31. The van der Waals surface area contributed by atoms with Crippen molar-refractivity contribution in [2.45, 2.75) is 51.6 Å². The third-order valence-electron chi connectivity index (χ3n) is 5.06. The predicted molar refractivity (Wildman–Crippen MR) is 81.6 cm³/mol. The van der Waals surface area contributed by atoms with Crippen LogP contribution >= 0.6 is 0 Å². The second-order valence-electron chi connectivity index (χ2n) is 6.54. The maximum atomic E-state index is 4.49. The zero-order chi connectivity index (χ0) is 13.9. The first-order chi connectivity index (χ1) is 9.74. The summed E-state index contributed by atoms with van der Waals surface area (Å²) in [5.41, 5.74) is 2.48. The maximum Gasteiger partial charge on any atom is 0.0597 e. The molecule has 0 bridgehead atoms. The van der Waals surface area contributed by atoms with Gasteiger partial charge < -0.3 is 5.32 Å². The van der Waals surface area contributed by atoms with Crippen LogP contribution in [-0.4, -0.2) is 40.4 Å². The largest absolute Gasteiger partial charge is 0.314 e. The van der Waals surface area contributed by atoms with Gasteiger partial charge in [-0.25, -0.2) is 0 Å². The summed E-state index contributed by atoms with van der Waals surface area (Å²) in [7, 11) is 2.07. The third-order valence-corrected chi connectivity index (χ3v) is 5.06. The summed E-state index contributed by atoms with van der Waals surface area (Å²) in [5.74, 6) is 0.894. The lowest BCUT2D eigenvalue weighted by Crippen LogP contribution is -2.54. The number of aryl methyl sites for hydroxylation is 2. The smallest absolute Gasteiger partial charge is 0.0597 e. The Morgan fingerprint density at radius 3 is 2.80 bits per heavy atom. The van der Waals surface area contributed by atoms with Gasteiger partial charge >= 0.3 is 0 Å². The molecule has 1 aliphatic carbocycles. The molecule has 1 aliphatic heterocycles. The number of nitrogens with zero attached hydrogens (tertiary/aromatic N) is 3. The van der Waals surface area contributed by atoms with Crippen molar-refractivity contribution in [1.29, 1.82) is 0 Å². The predicted octanol–water partition coefficient (Wildman–Crippen LogP) is 2.08. The Morgan fingerprint density at radius 1 is 1.30 bits per heavy atom. The van der Waals surface area contributed by atoms with Crippen LogP contribution in [-0.2, 0) is 13.6 Å². The molecule has 112 valence electrons. The first kappa shape index (κ1) is 14.1. The number of rotatable bonds is 3. The minimum Gasteiger partial charge on any atom is -0.314 e. The third kappa shape index (κ3) is 3.07. The van der Waals surface area contributed by atoms with Crippen molar-refractivity contribution in [3.63, 3.8) is 0 Å². The van der Waals surface area contributed by atoms with Crippen LogP contribution < -0.4 is 5.32 Å². The maximum absolute atomic E-state index is 4.49. The molecule has 4 nitrogen and oxygen atoms in total.